The summed E-state index contributed by atoms with van der Waals surface area (Å²) in [4.78, 5) is 0. The van der Waals surface area contributed by atoms with Crippen molar-refractivity contribution in [2.24, 2.45) is 11.8 Å². The van der Waals surface area contributed by atoms with Gasteiger partial charge in [-0.2, -0.15) is 0 Å². The van der Waals surface area contributed by atoms with Crippen LogP contribution < -0.4 is 0 Å². The van der Waals surface area contributed by atoms with Gasteiger partial charge in [-0.15, -0.1) is 0 Å². The van der Waals surface area contributed by atoms with Crippen LogP contribution in [0.15, 0.2) is 12.3 Å². The Hall–Kier alpha value is -0.500. The van der Waals surface area contributed by atoms with Crippen molar-refractivity contribution in [3.05, 3.63) is 12.3 Å². The minimum absolute atomic E-state index is 0.364. The number of aliphatic hydroxyl groups excluding tert-OH is 1. The molecule has 0 bridgehead atoms. The molecule has 1 N–H and O–H groups in total. The van der Waals surface area contributed by atoms with Crippen LogP contribution in [0.3, 0.4) is 0 Å². The van der Waals surface area contributed by atoms with E-state index in [1.807, 2.05) is 13.0 Å². The van der Waals surface area contributed by atoms with Gasteiger partial charge in [-0.1, -0.05) is 6.08 Å². The highest BCUT2D eigenvalue weighted by atomic mass is 16.5. The van der Waals surface area contributed by atoms with E-state index < -0.39 is 0 Å². The van der Waals surface area contributed by atoms with Crippen molar-refractivity contribution < 1.29 is 9.84 Å². The van der Waals surface area contributed by atoms with Crippen molar-refractivity contribution in [1.82, 2.24) is 0 Å². The van der Waals surface area contributed by atoms with Gasteiger partial charge >= 0.3 is 0 Å². The number of allylic oxidation sites excluding steroid dienone is 1. The van der Waals surface area contributed by atoms with E-state index in [-0.39, 0.29) is 0 Å². The van der Waals surface area contributed by atoms with E-state index in [4.69, 9.17) is 9.84 Å². The summed E-state index contributed by atoms with van der Waals surface area (Å²) in [6.07, 6.45) is 8.43. The molecule has 0 aromatic rings. The van der Waals surface area contributed by atoms with Gasteiger partial charge in [0.1, 0.15) is 0 Å². The summed E-state index contributed by atoms with van der Waals surface area (Å²) in [5, 5.41) is 8.95. The third-order valence-electron chi connectivity index (χ3n) is 2.79. The van der Waals surface area contributed by atoms with Crippen molar-refractivity contribution in [2.45, 2.75) is 32.6 Å². The molecule has 2 nitrogen and oxygen atoms in total. The molecule has 0 unspecified atom stereocenters. The van der Waals surface area contributed by atoms with Crippen LogP contribution >= 0.6 is 0 Å². The lowest BCUT2D eigenvalue weighted by atomic mass is 9.83. The average Bonchev–Trinajstić information content (AvgIpc) is 2.19. The zero-order valence-electron chi connectivity index (χ0n) is 8.41. The van der Waals surface area contributed by atoms with Gasteiger partial charge in [0, 0.05) is 6.61 Å². The molecule has 0 aromatic carbocycles. The smallest absolute Gasteiger partial charge is 0.0901 e. The maximum absolute atomic E-state index is 8.95. The summed E-state index contributed by atoms with van der Waals surface area (Å²) in [5.41, 5.74) is 0. The fraction of sp³-hybridized carbons (Fsp3) is 0.818. The predicted molar refractivity (Wildman–Crippen MR) is 53.3 cm³/mol. The van der Waals surface area contributed by atoms with E-state index in [9.17, 15) is 0 Å². The zero-order chi connectivity index (χ0) is 9.52. The molecule has 1 saturated carbocycles. The van der Waals surface area contributed by atoms with Gasteiger partial charge in [0.25, 0.3) is 0 Å². The molecule has 1 aliphatic carbocycles. The Morgan fingerprint density at radius 3 is 2.38 bits per heavy atom. The number of ether oxygens (including phenoxy) is 1. The average molecular weight is 184 g/mol. The number of hydrogen-bond donors (Lipinski definition) is 1. The van der Waals surface area contributed by atoms with Crippen LogP contribution in [0.5, 0.6) is 0 Å². The minimum Gasteiger partial charge on any atom is -0.501 e. The first-order chi connectivity index (χ1) is 6.36. The van der Waals surface area contributed by atoms with Gasteiger partial charge in [0.15, 0.2) is 0 Å². The third kappa shape index (κ3) is 3.81. The minimum atomic E-state index is 0.364. The van der Waals surface area contributed by atoms with Crippen LogP contribution in [-0.2, 0) is 4.74 Å². The lowest BCUT2D eigenvalue weighted by Gasteiger charge is -2.26. The molecule has 1 fully saturated rings. The molecule has 1 aliphatic rings. The maximum atomic E-state index is 8.95. The molecule has 1 rings (SSSR count). The van der Waals surface area contributed by atoms with Gasteiger partial charge in [0.2, 0.25) is 0 Å². The van der Waals surface area contributed by atoms with Gasteiger partial charge in [-0.25, -0.2) is 0 Å². The molecule has 0 aliphatic heterocycles. The Morgan fingerprint density at radius 1 is 1.23 bits per heavy atom. The van der Waals surface area contributed by atoms with Crippen LogP contribution in [0.1, 0.15) is 32.6 Å². The third-order valence-corrected chi connectivity index (χ3v) is 2.79. The van der Waals surface area contributed by atoms with E-state index in [2.05, 4.69) is 0 Å². The van der Waals surface area contributed by atoms with Crippen molar-refractivity contribution in [1.29, 1.82) is 0 Å². The Kier molecular flexibility index (Phi) is 4.91. The Bertz CT molecular complexity index is 146. The lowest BCUT2D eigenvalue weighted by Crippen LogP contribution is -2.19. The fourth-order valence-corrected chi connectivity index (χ4v) is 1.87. The highest BCUT2D eigenvalue weighted by Gasteiger charge is 2.20. The van der Waals surface area contributed by atoms with Crippen LogP contribution in [-0.4, -0.2) is 18.3 Å². The number of aliphatic hydroxyl groups is 1. The van der Waals surface area contributed by atoms with Crippen molar-refractivity contribution >= 4 is 0 Å². The maximum Gasteiger partial charge on any atom is 0.0901 e. The van der Waals surface area contributed by atoms with Crippen molar-refractivity contribution in [3.8, 4) is 0 Å². The zero-order valence-corrected chi connectivity index (χ0v) is 8.41. The lowest BCUT2D eigenvalue weighted by molar-refractivity contribution is 0.121. The molecule has 0 saturated heterocycles. The van der Waals surface area contributed by atoms with E-state index in [0.29, 0.717) is 18.4 Å². The topological polar surface area (TPSA) is 29.5 Å². The summed E-state index contributed by atoms with van der Waals surface area (Å²) >= 11 is 0. The van der Waals surface area contributed by atoms with Gasteiger partial charge < -0.3 is 9.84 Å². The van der Waals surface area contributed by atoms with Crippen LogP contribution in [0, 0.1) is 11.8 Å². The Morgan fingerprint density at radius 2 is 1.85 bits per heavy atom. The Labute approximate surface area is 80.6 Å². The van der Waals surface area contributed by atoms with Gasteiger partial charge in [0.05, 0.1) is 12.9 Å². The van der Waals surface area contributed by atoms with E-state index in [1.165, 1.54) is 25.7 Å². The summed E-state index contributed by atoms with van der Waals surface area (Å²) < 4.78 is 5.35. The summed E-state index contributed by atoms with van der Waals surface area (Å²) in [7, 11) is 0. The monoisotopic (exact) mass is 184 g/mol. The largest absolute Gasteiger partial charge is 0.501 e. The molecule has 2 heteroatoms. The highest BCUT2D eigenvalue weighted by Crippen LogP contribution is 2.28. The molecular formula is C11H20O2. The predicted octanol–water partition coefficient (Wildman–Crippen LogP) is 2.34. The summed E-state index contributed by atoms with van der Waals surface area (Å²) in [6.45, 7) is 3.17. The molecule has 76 valence electrons. The SMILES string of the molecule is CC=COCC1CCC(CO)CC1. The fourth-order valence-electron chi connectivity index (χ4n) is 1.87. The number of hydrogen-bond acceptors (Lipinski definition) is 2. The number of rotatable bonds is 4. The normalized spacial score (nSPS) is 29.4. The van der Waals surface area contributed by atoms with Gasteiger partial charge in [-0.3, -0.25) is 0 Å². The first-order valence-corrected chi connectivity index (χ1v) is 5.20. The van der Waals surface area contributed by atoms with E-state index >= 15 is 0 Å². The van der Waals surface area contributed by atoms with Crippen LogP contribution in [0.2, 0.25) is 0 Å². The molecule has 0 amide bonds. The standard InChI is InChI=1S/C11H20O2/c1-2-7-13-9-11-5-3-10(8-12)4-6-11/h2,7,10-12H,3-6,8-9H2,1H3. The Balaban J connectivity index is 2.10. The molecule has 0 spiro atoms. The molecular weight excluding hydrogens is 164 g/mol. The molecule has 0 aromatic heterocycles. The summed E-state index contributed by atoms with van der Waals surface area (Å²) in [6, 6.07) is 0. The first kappa shape index (κ1) is 10.6. The highest BCUT2D eigenvalue weighted by molar-refractivity contribution is 4.73. The quantitative estimate of drug-likeness (QED) is 0.679. The van der Waals surface area contributed by atoms with Crippen LogP contribution in [0.25, 0.3) is 0 Å². The van der Waals surface area contributed by atoms with Crippen LogP contribution in [0.4, 0.5) is 0 Å². The molecule has 0 radical (unpaired) electrons. The first-order valence-electron chi connectivity index (χ1n) is 5.20. The second-order valence-corrected chi connectivity index (χ2v) is 3.87. The summed E-state index contributed by atoms with van der Waals surface area (Å²) in [5.74, 6) is 1.26. The second-order valence-electron chi connectivity index (χ2n) is 3.87. The molecule has 13 heavy (non-hydrogen) atoms. The van der Waals surface area contributed by atoms with Crippen molar-refractivity contribution in [2.75, 3.05) is 13.2 Å². The van der Waals surface area contributed by atoms with Crippen molar-refractivity contribution in [3.63, 3.8) is 0 Å². The van der Waals surface area contributed by atoms with E-state index in [0.717, 1.165) is 6.61 Å². The van der Waals surface area contributed by atoms with E-state index in [1.54, 1.807) is 6.26 Å². The van der Waals surface area contributed by atoms with Gasteiger partial charge in [-0.05, 0) is 44.4 Å². The molecule has 0 atom stereocenters. The second kappa shape index (κ2) is 6.03. The molecule has 0 heterocycles.